The van der Waals surface area contributed by atoms with Crippen LogP contribution >= 0.6 is 0 Å². The Morgan fingerprint density at radius 2 is 2.05 bits per heavy atom. The third-order valence-corrected chi connectivity index (χ3v) is 4.56. The lowest BCUT2D eigenvalue weighted by Gasteiger charge is -2.11. The highest BCUT2D eigenvalue weighted by Crippen LogP contribution is 2.26. The molecule has 2 aromatic rings. The molecule has 1 aliphatic carbocycles. The minimum absolute atomic E-state index is 0.608. The van der Waals surface area contributed by atoms with Crippen LogP contribution in [-0.4, -0.2) is 10.6 Å². The van der Waals surface area contributed by atoms with Crippen LogP contribution in [0.4, 0.5) is 0 Å². The standard InChI is InChI=1S/C17H25N3/c1-2-20-12-14(11-19-15-7-3-4-8-15)16-9-5-6-13(10-18)17(16)20/h5-6,9,12,15,19H,2-4,7-8,10-11,18H2,1H3. The number of benzene rings is 1. The van der Waals surface area contributed by atoms with Crippen molar-refractivity contribution in [3.05, 3.63) is 35.5 Å². The van der Waals surface area contributed by atoms with Crippen LogP contribution in [0, 0.1) is 0 Å². The van der Waals surface area contributed by atoms with Crippen molar-refractivity contribution in [1.29, 1.82) is 0 Å². The maximum absolute atomic E-state index is 5.89. The molecule has 108 valence electrons. The summed E-state index contributed by atoms with van der Waals surface area (Å²) in [5.41, 5.74) is 9.87. The van der Waals surface area contributed by atoms with Gasteiger partial charge in [0.2, 0.25) is 0 Å². The van der Waals surface area contributed by atoms with Crippen LogP contribution in [-0.2, 0) is 19.6 Å². The maximum atomic E-state index is 5.89. The van der Waals surface area contributed by atoms with Crippen molar-refractivity contribution in [2.75, 3.05) is 0 Å². The first kappa shape index (κ1) is 13.7. The molecule has 0 radical (unpaired) electrons. The SMILES string of the molecule is CCn1cc(CNC2CCCC2)c2cccc(CN)c21. The van der Waals surface area contributed by atoms with E-state index in [2.05, 4.69) is 41.2 Å². The van der Waals surface area contributed by atoms with Crippen molar-refractivity contribution in [2.45, 2.75) is 58.3 Å². The lowest BCUT2D eigenvalue weighted by Crippen LogP contribution is -2.25. The quantitative estimate of drug-likeness (QED) is 0.877. The Kier molecular flexibility index (Phi) is 4.08. The molecule has 0 unspecified atom stereocenters. The molecule has 3 heteroatoms. The van der Waals surface area contributed by atoms with Gasteiger partial charge in [-0.15, -0.1) is 0 Å². The molecule has 0 saturated heterocycles. The molecule has 1 saturated carbocycles. The minimum atomic E-state index is 0.608. The molecule has 0 spiro atoms. The number of aryl methyl sites for hydroxylation is 1. The molecule has 3 N–H and O–H groups in total. The molecular formula is C17H25N3. The fraction of sp³-hybridized carbons (Fsp3) is 0.529. The number of nitrogens with one attached hydrogen (secondary N) is 1. The first-order valence-corrected chi connectivity index (χ1v) is 7.86. The van der Waals surface area contributed by atoms with Gasteiger partial charge in [-0.3, -0.25) is 0 Å². The van der Waals surface area contributed by atoms with E-state index < -0.39 is 0 Å². The van der Waals surface area contributed by atoms with Gasteiger partial charge in [-0.1, -0.05) is 31.0 Å². The van der Waals surface area contributed by atoms with E-state index in [1.807, 2.05) is 0 Å². The van der Waals surface area contributed by atoms with Gasteiger partial charge in [0.1, 0.15) is 0 Å². The third-order valence-electron chi connectivity index (χ3n) is 4.56. The van der Waals surface area contributed by atoms with Gasteiger partial charge in [-0.05, 0) is 30.9 Å². The van der Waals surface area contributed by atoms with Crippen LogP contribution in [0.25, 0.3) is 10.9 Å². The molecule has 0 amide bonds. The summed E-state index contributed by atoms with van der Waals surface area (Å²) < 4.78 is 2.34. The number of fused-ring (bicyclic) bond motifs is 1. The van der Waals surface area contributed by atoms with Gasteiger partial charge < -0.3 is 15.6 Å². The lowest BCUT2D eigenvalue weighted by molar-refractivity contribution is 0.525. The van der Waals surface area contributed by atoms with Crippen LogP contribution in [0.3, 0.4) is 0 Å². The summed E-state index contributed by atoms with van der Waals surface area (Å²) in [6.07, 6.45) is 7.73. The third kappa shape index (κ3) is 2.48. The molecule has 1 aromatic carbocycles. The zero-order valence-corrected chi connectivity index (χ0v) is 12.4. The Balaban J connectivity index is 1.90. The molecule has 1 heterocycles. The summed E-state index contributed by atoms with van der Waals surface area (Å²) in [4.78, 5) is 0. The zero-order valence-electron chi connectivity index (χ0n) is 12.4. The first-order valence-electron chi connectivity index (χ1n) is 7.86. The van der Waals surface area contributed by atoms with E-state index in [4.69, 9.17) is 5.73 Å². The predicted molar refractivity (Wildman–Crippen MR) is 84.6 cm³/mol. The maximum Gasteiger partial charge on any atom is 0.0529 e. The molecule has 3 nitrogen and oxygen atoms in total. The van der Waals surface area contributed by atoms with E-state index in [-0.39, 0.29) is 0 Å². The van der Waals surface area contributed by atoms with Crippen LogP contribution < -0.4 is 11.1 Å². The van der Waals surface area contributed by atoms with Gasteiger partial charge in [0.25, 0.3) is 0 Å². The van der Waals surface area contributed by atoms with Gasteiger partial charge in [0.15, 0.2) is 0 Å². The number of hydrogen-bond donors (Lipinski definition) is 2. The summed E-state index contributed by atoms with van der Waals surface area (Å²) in [6.45, 7) is 4.77. The lowest BCUT2D eigenvalue weighted by atomic mass is 10.1. The Morgan fingerprint density at radius 3 is 2.75 bits per heavy atom. The second kappa shape index (κ2) is 5.98. The summed E-state index contributed by atoms with van der Waals surface area (Å²) in [7, 11) is 0. The summed E-state index contributed by atoms with van der Waals surface area (Å²) in [5, 5.41) is 5.08. The summed E-state index contributed by atoms with van der Waals surface area (Å²) >= 11 is 0. The Morgan fingerprint density at radius 1 is 1.25 bits per heavy atom. The van der Waals surface area contributed by atoms with E-state index in [9.17, 15) is 0 Å². The topological polar surface area (TPSA) is 43.0 Å². The van der Waals surface area contributed by atoms with Gasteiger partial charge >= 0.3 is 0 Å². The van der Waals surface area contributed by atoms with Crippen molar-refractivity contribution in [1.82, 2.24) is 9.88 Å². The molecular weight excluding hydrogens is 246 g/mol. The summed E-state index contributed by atoms with van der Waals surface area (Å²) in [6, 6.07) is 7.21. The van der Waals surface area contributed by atoms with Crippen molar-refractivity contribution in [2.24, 2.45) is 5.73 Å². The first-order chi connectivity index (χ1) is 9.83. The molecule has 1 fully saturated rings. The van der Waals surface area contributed by atoms with Crippen molar-refractivity contribution >= 4 is 10.9 Å². The van der Waals surface area contributed by atoms with E-state index in [1.54, 1.807) is 0 Å². The molecule has 0 bridgehead atoms. The molecule has 3 rings (SSSR count). The molecule has 20 heavy (non-hydrogen) atoms. The molecule has 1 aliphatic rings. The number of nitrogens with two attached hydrogens (primary N) is 1. The number of hydrogen-bond acceptors (Lipinski definition) is 2. The number of aromatic nitrogens is 1. The largest absolute Gasteiger partial charge is 0.347 e. The molecule has 1 aromatic heterocycles. The monoisotopic (exact) mass is 271 g/mol. The van der Waals surface area contributed by atoms with Gasteiger partial charge in [-0.25, -0.2) is 0 Å². The van der Waals surface area contributed by atoms with Gasteiger partial charge in [0, 0.05) is 37.3 Å². The van der Waals surface area contributed by atoms with E-state index in [0.717, 1.165) is 13.1 Å². The van der Waals surface area contributed by atoms with Crippen LogP contribution in [0.15, 0.2) is 24.4 Å². The number of rotatable bonds is 5. The predicted octanol–water partition coefficient (Wildman–Crippen LogP) is 3.15. The normalized spacial score (nSPS) is 16.3. The molecule has 0 aliphatic heterocycles. The van der Waals surface area contributed by atoms with E-state index >= 15 is 0 Å². The average Bonchev–Trinajstić information content (AvgIpc) is 3.12. The fourth-order valence-electron chi connectivity index (χ4n) is 3.45. The van der Waals surface area contributed by atoms with Crippen molar-refractivity contribution < 1.29 is 0 Å². The number of nitrogens with zero attached hydrogens (tertiary/aromatic N) is 1. The highest BCUT2D eigenvalue weighted by Gasteiger charge is 2.16. The zero-order chi connectivity index (χ0) is 13.9. The smallest absolute Gasteiger partial charge is 0.0529 e. The average molecular weight is 271 g/mol. The minimum Gasteiger partial charge on any atom is -0.347 e. The van der Waals surface area contributed by atoms with Crippen LogP contribution in [0.5, 0.6) is 0 Å². The van der Waals surface area contributed by atoms with Crippen molar-refractivity contribution in [3.63, 3.8) is 0 Å². The fourth-order valence-corrected chi connectivity index (χ4v) is 3.45. The van der Waals surface area contributed by atoms with Gasteiger partial charge in [0.05, 0.1) is 5.52 Å². The number of para-hydroxylation sites is 1. The van der Waals surface area contributed by atoms with Crippen LogP contribution in [0.1, 0.15) is 43.7 Å². The Labute approximate surface area is 121 Å². The summed E-state index contributed by atoms with van der Waals surface area (Å²) in [5.74, 6) is 0. The molecule has 0 atom stereocenters. The highest BCUT2D eigenvalue weighted by molar-refractivity contribution is 5.86. The Hall–Kier alpha value is -1.32. The van der Waals surface area contributed by atoms with E-state index in [0.29, 0.717) is 12.6 Å². The van der Waals surface area contributed by atoms with Gasteiger partial charge in [-0.2, -0.15) is 0 Å². The van der Waals surface area contributed by atoms with Crippen molar-refractivity contribution in [3.8, 4) is 0 Å². The second-order valence-corrected chi connectivity index (χ2v) is 5.82. The highest BCUT2D eigenvalue weighted by atomic mass is 15.0. The van der Waals surface area contributed by atoms with E-state index in [1.165, 1.54) is 47.7 Å². The van der Waals surface area contributed by atoms with Crippen LogP contribution in [0.2, 0.25) is 0 Å². The second-order valence-electron chi connectivity index (χ2n) is 5.82. The Bertz CT molecular complexity index is 579.